The number of amides is 2. The van der Waals surface area contributed by atoms with Crippen molar-refractivity contribution in [2.75, 3.05) is 32.6 Å². The topological polar surface area (TPSA) is 128 Å². The maximum Gasteiger partial charge on any atom is 0.416 e. The number of hydrogen-bond donors (Lipinski definition) is 1. The third kappa shape index (κ3) is 8.84. The quantitative estimate of drug-likeness (QED) is 0.0883. The van der Waals surface area contributed by atoms with E-state index in [0.717, 1.165) is 12.1 Å². The minimum absolute atomic E-state index is 0.0243. The minimum Gasteiger partial charge on any atom is -0.465 e. The second-order valence-corrected chi connectivity index (χ2v) is 11.7. The lowest BCUT2D eigenvalue weighted by Gasteiger charge is -2.29. The molecule has 0 aromatic heterocycles. The molecule has 0 aliphatic heterocycles. The van der Waals surface area contributed by atoms with E-state index >= 15 is 0 Å². The van der Waals surface area contributed by atoms with Crippen LogP contribution in [0.5, 0.6) is 5.75 Å². The Morgan fingerprint density at radius 3 is 1.88 bits per heavy atom. The molecule has 0 aliphatic carbocycles. The summed E-state index contributed by atoms with van der Waals surface area (Å²) in [5.74, 6) is -3.85. The second-order valence-electron chi connectivity index (χ2n) is 11.7. The molecule has 272 valence electrons. The Morgan fingerprint density at radius 2 is 1.31 bits per heavy atom. The number of nitrogens with zero attached hydrogens (tertiary/aromatic N) is 1. The number of carbonyl (C=O) groups is 5. The molecule has 0 saturated heterocycles. The first-order valence-corrected chi connectivity index (χ1v) is 16.3. The zero-order chi connectivity index (χ0) is 38.1. The summed E-state index contributed by atoms with van der Waals surface area (Å²) in [5.41, 5.74) is -1.62. The highest BCUT2D eigenvalue weighted by Crippen LogP contribution is 2.35. The van der Waals surface area contributed by atoms with Crippen LogP contribution in [0.4, 0.5) is 18.9 Å². The van der Waals surface area contributed by atoms with E-state index in [0.29, 0.717) is 11.1 Å². The Balaban J connectivity index is 1.60. The number of hydrogen-bond acceptors (Lipinski definition) is 8. The van der Waals surface area contributed by atoms with Crippen LogP contribution < -0.4 is 10.1 Å². The highest BCUT2D eigenvalue weighted by Gasteiger charge is 2.50. The first kappa shape index (κ1) is 38.8. The summed E-state index contributed by atoms with van der Waals surface area (Å²) in [7, 11) is 2.97. The SMILES string of the molecule is CCOC(=O)C(CCC(=O)Oc1ccc(NC(=O)c2ccccc2-c2ccc(C(F)(F)F)cc2)c(C(=O)N(C)C)c1)(C(=O)OCC)c1ccccc1. The van der Waals surface area contributed by atoms with Gasteiger partial charge in [-0.25, -0.2) is 0 Å². The molecule has 10 nitrogen and oxygen atoms in total. The largest absolute Gasteiger partial charge is 0.465 e. The fourth-order valence-electron chi connectivity index (χ4n) is 5.45. The maximum atomic E-state index is 13.6. The van der Waals surface area contributed by atoms with Gasteiger partial charge >= 0.3 is 24.1 Å². The van der Waals surface area contributed by atoms with Gasteiger partial charge in [0.15, 0.2) is 5.41 Å². The van der Waals surface area contributed by atoms with Crippen molar-refractivity contribution in [3.8, 4) is 16.9 Å². The number of halogens is 3. The smallest absolute Gasteiger partial charge is 0.416 e. The van der Waals surface area contributed by atoms with Crippen molar-refractivity contribution in [2.45, 2.75) is 38.3 Å². The molecule has 0 unspecified atom stereocenters. The summed E-state index contributed by atoms with van der Waals surface area (Å²) < 4.78 is 55.5. The number of nitrogens with one attached hydrogen (secondary N) is 1. The van der Waals surface area contributed by atoms with Gasteiger partial charge < -0.3 is 24.4 Å². The molecule has 4 rings (SSSR count). The van der Waals surface area contributed by atoms with Crippen LogP contribution in [0.2, 0.25) is 0 Å². The Bertz CT molecular complexity index is 1910. The first-order valence-electron chi connectivity index (χ1n) is 16.3. The van der Waals surface area contributed by atoms with Crippen LogP contribution >= 0.6 is 0 Å². The highest BCUT2D eigenvalue weighted by atomic mass is 19.4. The predicted molar refractivity (Wildman–Crippen MR) is 186 cm³/mol. The molecule has 2 amide bonds. The van der Waals surface area contributed by atoms with Crippen LogP contribution in [0.15, 0.2) is 97.1 Å². The normalized spacial score (nSPS) is 11.3. The summed E-state index contributed by atoms with van der Waals surface area (Å²) in [5, 5.41) is 2.69. The summed E-state index contributed by atoms with van der Waals surface area (Å²) in [6, 6.07) is 22.8. The highest BCUT2D eigenvalue weighted by molar-refractivity contribution is 6.12. The predicted octanol–water partition coefficient (Wildman–Crippen LogP) is 7.08. The average Bonchev–Trinajstić information content (AvgIpc) is 3.12. The van der Waals surface area contributed by atoms with E-state index in [1.165, 1.54) is 55.4 Å². The van der Waals surface area contributed by atoms with Gasteiger partial charge in [0.25, 0.3) is 11.8 Å². The van der Waals surface area contributed by atoms with Gasteiger partial charge in [0, 0.05) is 26.1 Å². The van der Waals surface area contributed by atoms with Crippen molar-refractivity contribution in [1.29, 1.82) is 0 Å². The van der Waals surface area contributed by atoms with E-state index in [1.54, 1.807) is 62.4 Å². The monoisotopic (exact) mass is 718 g/mol. The number of esters is 3. The van der Waals surface area contributed by atoms with Crippen molar-refractivity contribution in [3.05, 3.63) is 119 Å². The number of rotatable bonds is 13. The third-order valence-electron chi connectivity index (χ3n) is 8.02. The molecule has 0 saturated carbocycles. The second kappa shape index (κ2) is 16.8. The van der Waals surface area contributed by atoms with Gasteiger partial charge in [-0.3, -0.25) is 24.0 Å². The van der Waals surface area contributed by atoms with E-state index < -0.39 is 53.3 Å². The Hall–Kier alpha value is -5.98. The molecule has 13 heteroatoms. The molecule has 0 heterocycles. The lowest BCUT2D eigenvalue weighted by Crippen LogP contribution is -2.46. The molecule has 4 aromatic carbocycles. The maximum absolute atomic E-state index is 13.6. The Labute approximate surface area is 298 Å². The zero-order valence-electron chi connectivity index (χ0n) is 28.9. The average molecular weight is 719 g/mol. The van der Waals surface area contributed by atoms with Gasteiger partial charge in [0.05, 0.1) is 30.0 Å². The summed E-state index contributed by atoms with van der Waals surface area (Å²) in [4.78, 5) is 67.9. The van der Waals surface area contributed by atoms with Crippen LogP contribution in [0.25, 0.3) is 11.1 Å². The van der Waals surface area contributed by atoms with Gasteiger partial charge in [-0.2, -0.15) is 13.2 Å². The molecule has 4 aromatic rings. The summed E-state index contributed by atoms with van der Waals surface area (Å²) >= 11 is 0. The molecule has 0 atom stereocenters. The fourth-order valence-corrected chi connectivity index (χ4v) is 5.45. The van der Waals surface area contributed by atoms with E-state index in [2.05, 4.69) is 5.32 Å². The molecule has 0 fully saturated rings. The molecule has 0 radical (unpaired) electrons. The van der Waals surface area contributed by atoms with Gasteiger partial charge in [0.1, 0.15) is 5.75 Å². The lowest BCUT2D eigenvalue weighted by atomic mass is 9.76. The van der Waals surface area contributed by atoms with Crippen LogP contribution in [0, 0.1) is 0 Å². The van der Waals surface area contributed by atoms with E-state index in [1.807, 2.05) is 0 Å². The number of benzene rings is 4. The number of anilines is 1. The number of carbonyl (C=O) groups excluding carboxylic acids is 5. The Kier molecular flexibility index (Phi) is 12.6. The number of alkyl halides is 3. The van der Waals surface area contributed by atoms with E-state index in [9.17, 15) is 37.1 Å². The number of ether oxygens (including phenoxy) is 3. The summed E-state index contributed by atoms with van der Waals surface area (Å²) in [6.07, 6.45) is -5.30. The molecule has 0 bridgehead atoms. The van der Waals surface area contributed by atoms with Crippen molar-refractivity contribution < 1.29 is 51.4 Å². The molecule has 1 N–H and O–H groups in total. The molecule has 0 aliphatic rings. The van der Waals surface area contributed by atoms with Gasteiger partial charge in [-0.05, 0) is 73.4 Å². The molecule has 0 spiro atoms. The van der Waals surface area contributed by atoms with E-state index in [4.69, 9.17) is 14.2 Å². The van der Waals surface area contributed by atoms with E-state index in [-0.39, 0.29) is 47.8 Å². The third-order valence-corrected chi connectivity index (χ3v) is 8.02. The van der Waals surface area contributed by atoms with Gasteiger partial charge in [-0.1, -0.05) is 60.7 Å². The van der Waals surface area contributed by atoms with Gasteiger partial charge in [-0.15, -0.1) is 0 Å². The van der Waals surface area contributed by atoms with Crippen molar-refractivity contribution in [1.82, 2.24) is 4.90 Å². The van der Waals surface area contributed by atoms with Crippen molar-refractivity contribution >= 4 is 35.4 Å². The first-order chi connectivity index (χ1) is 24.7. The molecular formula is C39H37F3N2O8. The van der Waals surface area contributed by atoms with Crippen molar-refractivity contribution in [3.63, 3.8) is 0 Å². The van der Waals surface area contributed by atoms with Gasteiger partial charge in [0.2, 0.25) is 0 Å². The summed E-state index contributed by atoms with van der Waals surface area (Å²) in [6.45, 7) is 3.13. The van der Waals surface area contributed by atoms with Crippen LogP contribution in [0.1, 0.15) is 58.5 Å². The van der Waals surface area contributed by atoms with Crippen LogP contribution in [-0.4, -0.2) is 61.9 Å². The zero-order valence-corrected chi connectivity index (χ0v) is 28.9. The Morgan fingerprint density at radius 1 is 0.712 bits per heavy atom. The fraction of sp³-hybridized carbons (Fsp3) is 0.256. The molecular weight excluding hydrogens is 681 g/mol. The molecule has 52 heavy (non-hydrogen) atoms. The van der Waals surface area contributed by atoms with Crippen LogP contribution in [-0.2, 0) is 35.4 Å². The van der Waals surface area contributed by atoms with Crippen LogP contribution in [0.3, 0.4) is 0 Å². The lowest BCUT2D eigenvalue weighted by molar-refractivity contribution is -0.165. The standard InChI is InChI=1S/C39H37F3N2O8/c1-5-50-36(48)38(37(49)51-6-2,26-12-8-7-9-13-26)23-22-33(45)52-28-20-21-32(31(24-28)35(47)44(3)4)43-34(46)30-15-11-10-14-29(30)25-16-18-27(19-17-25)39(40,41)42/h7-21,24H,5-6,22-23H2,1-4H3,(H,43,46). The minimum atomic E-state index is -4.52. The van der Waals surface area contributed by atoms with Crippen molar-refractivity contribution in [2.24, 2.45) is 0 Å².